The number of carbonyl (C=O) groups excluding carboxylic acids is 1. The summed E-state index contributed by atoms with van der Waals surface area (Å²) in [5.41, 5.74) is 1.68. The fraction of sp³-hybridized carbons (Fsp3) is 0. The smallest absolute Gasteiger partial charge is 0.150 e. The monoisotopic (exact) mass is 187 g/mol. The molecule has 0 saturated heterocycles. The van der Waals surface area contributed by atoms with Gasteiger partial charge in [0.05, 0.1) is 0 Å². The Morgan fingerprint density at radius 1 is 1.38 bits per heavy atom. The predicted molar refractivity (Wildman–Crippen MR) is 54.0 cm³/mol. The quantitative estimate of drug-likeness (QED) is 0.660. The molecule has 0 amide bonds. The van der Waals surface area contributed by atoms with E-state index >= 15 is 0 Å². The molecule has 2 heteroatoms. The number of hydrogen-bond acceptors (Lipinski definition) is 2. The number of benzene rings is 1. The number of hydrogen-bond donors (Lipinski definition) is 0. The maximum Gasteiger partial charge on any atom is 0.150 e. The third kappa shape index (κ3) is 1.68. The fourth-order valence-corrected chi connectivity index (χ4v) is 1.87. The van der Waals surface area contributed by atoms with Crippen LogP contribution in [0.2, 0.25) is 0 Å². The Morgan fingerprint density at radius 3 is 3.00 bits per heavy atom. The molecule has 1 radical (unpaired) electrons. The van der Waals surface area contributed by atoms with E-state index in [4.69, 9.17) is 0 Å². The lowest BCUT2D eigenvalue weighted by atomic mass is 10.1. The summed E-state index contributed by atoms with van der Waals surface area (Å²) in [4.78, 5) is 11.7. The molecular formula is C11H7OS. The highest BCUT2D eigenvalue weighted by Gasteiger charge is 1.98. The Kier molecular flexibility index (Phi) is 2.23. The third-order valence-electron chi connectivity index (χ3n) is 1.76. The van der Waals surface area contributed by atoms with Crippen molar-refractivity contribution in [3.8, 4) is 10.4 Å². The summed E-state index contributed by atoms with van der Waals surface area (Å²) >= 11 is 1.67. The average Bonchev–Trinajstić information content (AvgIpc) is 2.71. The molecule has 0 saturated carbocycles. The molecule has 63 valence electrons. The molecule has 0 bridgehead atoms. The SMILES string of the molecule is O=Cc1[c]ccc(-c2cccs2)c1. The van der Waals surface area contributed by atoms with Gasteiger partial charge in [-0.2, -0.15) is 0 Å². The van der Waals surface area contributed by atoms with E-state index in [1.165, 1.54) is 4.88 Å². The molecule has 0 spiro atoms. The molecule has 0 aliphatic rings. The van der Waals surface area contributed by atoms with Crippen LogP contribution in [0.15, 0.2) is 35.7 Å². The zero-order valence-electron chi connectivity index (χ0n) is 6.86. The molecule has 1 nitrogen and oxygen atoms in total. The van der Waals surface area contributed by atoms with E-state index in [-0.39, 0.29) is 0 Å². The molecule has 0 atom stereocenters. The van der Waals surface area contributed by atoms with Gasteiger partial charge >= 0.3 is 0 Å². The van der Waals surface area contributed by atoms with Crippen molar-refractivity contribution in [2.75, 3.05) is 0 Å². The zero-order valence-corrected chi connectivity index (χ0v) is 7.67. The van der Waals surface area contributed by atoms with Crippen LogP contribution in [0.4, 0.5) is 0 Å². The normalized spacial score (nSPS) is 9.85. The first-order chi connectivity index (χ1) is 6.40. The van der Waals surface area contributed by atoms with Crippen molar-refractivity contribution in [2.45, 2.75) is 0 Å². The van der Waals surface area contributed by atoms with E-state index in [0.717, 1.165) is 11.8 Å². The Labute approximate surface area is 80.7 Å². The lowest BCUT2D eigenvalue weighted by Gasteiger charge is -1.96. The van der Waals surface area contributed by atoms with Gasteiger partial charge in [-0.05, 0) is 29.1 Å². The summed E-state index contributed by atoms with van der Waals surface area (Å²) in [6.45, 7) is 0. The summed E-state index contributed by atoms with van der Waals surface area (Å²) in [5.74, 6) is 0. The molecule has 0 unspecified atom stereocenters. The van der Waals surface area contributed by atoms with Crippen molar-refractivity contribution >= 4 is 17.6 Å². The fourth-order valence-electron chi connectivity index (χ4n) is 1.15. The molecule has 1 aromatic carbocycles. The van der Waals surface area contributed by atoms with Crippen LogP contribution < -0.4 is 0 Å². The van der Waals surface area contributed by atoms with Crippen molar-refractivity contribution in [3.05, 3.63) is 47.3 Å². The summed E-state index contributed by atoms with van der Waals surface area (Å²) in [6.07, 6.45) is 0.817. The Hall–Kier alpha value is -1.41. The van der Waals surface area contributed by atoms with Gasteiger partial charge in [0.15, 0.2) is 6.29 Å². The number of carbonyl (C=O) groups is 1. The molecular weight excluding hydrogens is 180 g/mol. The summed E-state index contributed by atoms with van der Waals surface area (Å²) in [6, 6.07) is 12.5. The zero-order chi connectivity index (χ0) is 9.10. The second kappa shape index (κ2) is 3.54. The molecule has 13 heavy (non-hydrogen) atoms. The Balaban J connectivity index is 2.47. The number of aldehydes is 1. The van der Waals surface area contributed by atoms with Crippen LogP contribution in [0.3, 0.4) is 0 Å². The van der Waals surface area contributed by atoms with Gasteiger partial charge in [-0.15, -0.1) is 11.3 Å². The lowest BCUT2D eigenvalue weighted by Crippen LogP contribution is -1.80. The van der Waals surface area contributed by atoms with Gasteiger partial charge in [-0.25, -0.2) is 0 Å². The molecule has 0 aliphatic heterocycles. The minimum atomic E-state index is 0.603. The highest BCUT2D eigenvalue weighted by molar-refractivity contribution is 7.13. The predicted octanol–water partition coefficient (Wildman–Crippen LogP) is 3.03. The van der Waals surface area contributed by atoms with E-state index in [2.05, 4.69) is 6.07 Å². The van der Waals surface area contributed by atoms with Crippen molar-refractivity contribution in [1.29, 1.82) is 0 Å². The molecule has 1 heterocycles. The molecule has 0 fully saturated rings. The Morgan fingerprint density at radius 2 is 2.31 bits per heavy atom. The highest BCUT2D eigenvalue weighted by Crippen LogP contribution is 2.24. The van der Waals surface area contributed by atoms with Crippen molar-refractivity contribution in [2.24, 2.45) is 0 Å². The van der Waals surface area contributed by atoms with Crippen LogP contribution >= 0.6 is 11.3 Å². The first-order valence-electron chi connectivity index (χ1n) is 3.91. The van der Waals surface area contributed by atoms with Gasteiger partial charge in [-0.1, -0.05) is 18.2 Å². The van der Waals surface area contributed by atoms with Crippen LogP contribution in [0.5, 0.6) is 0 Å². The van der Waals surface area contributed by atoms with Crippen LogP contribution in [-0.4, -0.2) is 6.29 Å². The third-order valence-corrected chi connectivity index (χ3v) is 2.68. The minimum absolute atomic E-state index is 0.603. The number of rotatable bonds is 2. The highest BCUT2D eigenvalue weighted by atomic mass is 32.1. The first-order valence-corrected chi connectivity index (χ1v) is 4.79. The molecule has 2 aromatic rings. The first kappa shape index (κ1) is 8.20. The van der Waals surface area contributed by atoms with E-state index in [9.17, 15) is 4.79 Å². The van der Waals surface area contributed by atoms with Gasteiger partial charge in [0.2, 0.25) is 0 Å². The summed E-state index contributed by atoms with van der Waals surface area (Å²) in [7, 11) is 0. The molecule has 1 aromatic heterocycles. The van der Waals surface area contributed by atoms with E-state index in [0.29, 0.717) is 5.56 Å². The van der Waals surface area contributed by atoms with Gasteiger partial charge in [-0.3, -0.25) is 4.79 Å². The molecule has 0 aliphatic carbocycles. The van der Waals surface area contributed by atoms with E-state index in [1.54, 1.807) is 17.4 Å². The van der Waals surface area contributed by atoms with E-state index < -0.39 is 0 Å². The van der Waals surface area contributed by atoms with Crippen molar-refractivity contribution in [3.63, 3.8) is 0 Å². The van der Waals surface area contributed by atoms with Crippen molar-refractivity contribution < 1.29 is 4.79 Å². The number of thiophene rings is 1. The average molecular weight is 187 g/mol. The van der Waals surface area contributed by atoms with Crippen LogP contribution in [0, 0.1) is 6.07 Å². The summed E-state index contributed by atoms with van der Waals surface area (Å²) < 4.78 is 0. The topological polar surface area (TPSA) is 17.1 Å². The van der Waals surface area contributed by atoms with Crippen LogP contribution in [-0.2, 0) is 0 Å². The second-order valence-electron chi connectivity index (χ2n) is 2.63. The maximum absolute atomic E-state index is 10.5. The van der Waals surface area contributed by atoms with Crippen LogP contribution in [0.25, 0.3) is 10.4 Å². The lowest BCUT2D eigenvalue weighted by molar-refractivity contribution is 0.112. The standard InChI is InChI=1S/C11H7OS/c12-8-9-3-1-4-10(7-9)11-5-2-6-13-11/h1-2,4-8H. The summed E-state index contributed by atoms with van der Waals surface area (Å²) in [5, 5.41) is 2.02. The molecule has 2 rings (SSSR count). The van der Waals surface area contributed by atoms with Gasteiger partial charge < -0.3 is 0 Å². The van der Waals surface area contributed by atoms with Gasteiger partial charge in [0, 0.05) is 10.4 Å². The van der Waals surface area contributed by atoms with Crippen LogP contribution in [0.1, 0.15) is 10.4 Å². The largest absolute Gasteiger partial charge is 0.298 e. The Bertz CT molecular complexity index is 404. The van der Waals surface area contributed by atoms with E-state index in [1.807, 2.05) is 29.6 Å². The second-order valence-corrected chi connectivity index (χ2v) is 3.58. The molecule has 0 N–H and O–H groups in total. The van der Waals surface area contributed by atoms with Crippen molar-refractivity contribution in [1.82, 2.24) is 0 Å². The van der Waals surface area contributed by atoms with Gasteiger partial charge in [0.1, 0.15) is 0 Å². The minimum Gasteiger partial charge on any atom is -0.298 e. The maximum atomic E-state index is 10.5. The van der Waals surface area contributed by atoms with Gasteiger partial charge in [0.25, 0.3) is 0 Å².